The van der Waals surface area contributed by atoms with Crippen LogP contribution in [0.4, 0.5) is 0 Å². The van der Waals surface area contributed by atoms with Crippen molar-refractivity contribution in [3.8, 4) is 11.5 Å². The van der Waals surface area contributed by atoms with E-state index in [0.29, 0.717) is 0 Å². The van der Waals surface area contributed by atoms with Crippen molar-refractivity contribution >= 4 is 5.91 Å². The summed E-state index contributed by atoms with van der Waals surface area (Å²) in [4.78, 5) is 13.9. The van der Waals surface area contributed by atoms with Gasteiger partial charge in [-0.3, -0.25) is 4.79 Å². The van der Waals surface area contributed by atoms with E-state index in [4.69, 9.17) is 5.11 Å². The molecule has 5 heteroatoms. The van der Waals surface area contributed by atoms with E-state index in [-0.39, 0.29) is 36.3 Å². The minimum atomic E-state index is -0.460. The van der Waals surface area contributed by atoms with Gasteiger partial charge in [0, 0.05) is 12.6 Å². The lowest BCUT2D eigenvalue weighted by Gasteiger charge is -2.30. The first-order valence-electron chi connectivity index (χ1n) is 6.49. The van der Waals surface area contributed by atoms with Crippen LogP contribution in [0.25, 0.3) is 0 Å². The van der Waals surface area contributed by atoms with E-state index in [1.807, 2.05) is 13.8 Å². The normalized spacial score (nSPS) is 10.7. The molecule has 0 saturated heterocycles. The second-order valence-corrected chi connectivity index (χ2v) is 4.36. The average Bonchev–Trinajstić information content (AvgIpc) is 2.38. The van der Waals surface area contributed by atoms with Crippen LogP contribution in [-0.2, 0) is 0 Å². The fraction of sp³-hybridized carbons (Fsp3) is 0.500. The van der Waals surface area contributed by atoms with Crippen molar-refractivity contribution in [2.75, 3.05) is 13.2 Å². The number of aliphatic hydroxyl groups excluding tert-OH is 1. The summed E-state index contributed by atoms with van der Waals surface area (Å²) in [5.74, 6) is -0.962. The number of phenols is 2. The molecule has 0 saturated carbocycles. The number of rotatable bonds is 6. The molecule has 0 aliphatic rings. The molecule has 0 aliphatic carbocycles. The molecule has 0 aliphatic heterocycles. The molecular weight excluding hydrogens is 246 g/mol. The fourth-order valence-electron chi connectivity index (χ4n) is 2.18. The van der Waals surface area contributed by atoms with E-state index in [2.05, 4.69) is 0 Å². The molecule has 1 aromatic carbocycles. The zero-order chi connectivity index (χ0) is 14.4. The van der Waals surface area contributed by atoms with Crippen molar-refractivity contribution < 1.29 is 20.1 Å². The van der Waals surface area contributed by atoms with Gasteiger partial charge in [-0.05, 0) is 25.0 Å². The Balaban J connectivity index is 3.12. The lowest BCUT2D eigenvalue weighted by Crippen LogP contribution is -2.41. The van der Waals surface area contributed by atoms with E-state index in [1.165, 1.54) is 23.1 Å². The maximum absolute atomic E-state index is 12.4. The van der Waals surface area contributed by atoms with Crippen molar-refractivity contribution in [1.29, 1.82) is 0 Å². The number of amides is 1. The van der Waals surface area contributed by atoms with Gasteiger partial charge in [-0.2, -0.15) is 0 Å². The fourth-order valence-corrected chi connectivity index (χ4v) is 2.18. The van der Waals surface area contributed by atoms with Gasteiger partial charge in [0.1, 0.15) is 17.1 Å². The van der Waals surface area contributed by atoms with Gasteiger partial charge < -0.3 is 20.2 Å². The van der Waals surface area contributed by atoms with E-state index in [9.17, 15) is 15.0 Å². The van der Waals surface area contributed by atoms with E-state index < -0.39 is 5.91 Å². The number of carbonyl (C=O) groups excluding carboxylic acids is 1. The highest BCUT2D eigenvalue weighted by atomic mass is 16.3. The van der Waals surface area contributed by atoms with Crippen LogP contribution < -0.4 is 0 Å². The molecule has 0 unspecified atom stereocenters. The molecule has 106 valence electrons. The van der Waals surface area contributed by atoms with Gasteiger partial charge in [-0.15, -0.1) is 0 Å². The molecule has 1 rings (SSSR count). The maximum atomic E-state index is 12.4. The number of aromatic hydroxyl groups is 2. The smallest absolute Gasteiger partial charge is 0.261 e. The van der Waals surface area contributed by atoms with Gasteiger partial charge in [-0.1, -0.05) is 19.9 Å². The van der Waals surface area contributed by atoms with Crippen molar-refractivity contribution in [2.45, 2.75) is 32.7 Å². The third-order valence-corrected chi connectivity index (χ3v) is 3.22. The Labute approximate surface area is 113 Å². The lowest BCUT2D eigenvalue weighted by molar-refractivity contribution is 0.0616. The predicted octanol–water partition coefficient (Wildman–Crippen LogP) is 1.72. The average molecular weight is 267 g/mol. The number of nitrogens with zero attached hydrogens (tertiary/aromatic N) is 1. The van der Waals surface area contributed by atoms with Gasteiger partial charge in [0.15, 0.2) is 0 Å². The second kappa shape index (κ2) is 6.99. The predicted molar refractivity (Wildman–Crippen MR) is 72.3 cm³/mol. The van der Waals surface area contributed by atoms with Crippen LogP contribution in [0.15, 0.2) is 18.2 Å². The third-order valence-electron chi connectivity index (χ3n) is 3.22. The summed E-state index contributed by atoms with van der Waals surface area (Å²) < 4.78 is 0. The standard InChI is InChI=1S/C14H21NO4/c1-3-10(4-2)15(8-9-16)14(19)13-11(17)6-5-7-12(13)18/h5-7,10,16-18H,3-4,8-9H2,1-2H3. The summed E-state index contributed by atoms with van der Waals surface area (Å²) in [6.07, 6.45) is 1.49. The Bertz CT molecular complexity index is 409. The Kier molecular flexibility index (Phi) is 5.63. The number of hydrogen-bond acceptors (Lipinski definition) is 4. The highest BCUT2D eigenvalue weighted by Gasteiger charge is 2.26. The lowest BCUT2D eigenvalue weighted by atomic mass is 10.1. The van der Waals surface area contributed by atoms with Gasteiger partial charge in [0.25, 0.3) is 5.91 Å². The molecule has 19 heavy (non-hydrogen) atoms. The first-order chi connectivity index (χ1) is 9.06. The molecule has 0 bridgehead atoms. The number of benzene rings is 1. The van der Waals surface area contributed by atoms with Gasteiger partial charge in [0.2, 0.25) is 0 Å². The van der Waals surface area contributed by atoms with Crippen LogP contribution in [0.1, 0.15) is 37.0 Å². The van der Waals surface area contributed by atoms with Crippen LogP contribution in [0, 0.1) is 0 Å². The molecular formula is C14H21NO4. The summed E-state index contributed by atoms with van der Waals surface area (Å²) in [5.41, 5.74) is -0.108. The van der Waals surface area contributed by atoms with E-state index >= 15 is 0 Å². The topological polar surface area (TPSA) is 81.0 Å². The molecule has 5 nitrogen and oxygen atoms in total. The molecule has 0 atom stereocenters. The van der Waals surface area contributed by atoms with E-state index in [0.717, 1.165) is 12.8 Å². The quantitative estimate of drug-likeness (QED) is 0.733. The zero-order valence-electron chi connectivity index (χ0n) is 11.3. The molecule has 0 fully saturated rings. The highest BCUT2D eigenvalue weighted by molar-refractivity contribution is 5.99. The summed E-state index contributed by atoms with van der Waals surface area (Å²) >= 11 is 0. The number of aliphatic hydroxyl groups is 1. The molecule has 3 N–H and O–H groups in total. The van der Waals surface area contributed by atoms with Crippen LogP contribution in [0.5, 0.6) is 11.5 Å². The Morgan fingerprint density at radius 1 is 1.21 bits per heavy atom. The molecule has 0 heterocycles. The molecule has 0 aromatic heterocycles. The SMILES string of the molecule is CCC(CC)N(CCO)C(=O)c1c(O)cccc1O. The van der Waals surface area contributed by atoms with Crippen LogP contribution in [0.3, 0.4) is 0 Å². The maximum Gasteiger partial charge on any atom is 0.261 e. The highest BCUT2D eigenvalue weighted by Crippen LogP contribution is 2.28. The minimum absolute atomic E-state index is 0.0290. The molecule has 1 aromatic rings. The first kappa shape index (κ1) is 15.3. The summed E-state index contributed by atoms with van der Waals surface area (Å²) in [5, 5.41) is 28.6. The number of hydrogen-bond donors (Lipinski definition) is 3. The van der Waals surface area contributed by atoms with Crippen molar-refractivity contribution in [3.05, 3.63) is 23.8 Å². The Hall–Kier alpha value is -1.75. The van der Waals surface area contributed by atoms with Gasteiger partial charge >= 0.3 is 0 Å². The Morgan fingerprint density at radius 3 is 2.16 bits per heavy atom. The summed E-state index contributed by atoms with van der Waals surface area (Å²) in [6, 6.07) is 4.15. The van der Waals surface area contributed by atoms with Gasteiger partial charge in [0.05, 0.1) is 6.61 Å². The molecule has 0 spiro atoms. The number of carbonyl (C=O) groups is 1. The number of phenolic OH excluding ortho intramolecular Hbond substituents is 2. The minimum Gasteiger partial charge on any atom is -0.507 e. The first-order valence-corrected chi connectivity index (χ1v) is 6.49. The summed E-state index contributed by atoms with van der Waals surface area (Å²) in [7, 11) is 0. The van der Waals surface area contributed by atoms with E-state index in [1.54, 1.807) is 0 Å². The van der Waals surface area contributed by atoms with Gasteiger partial charge in [-0.25, -0.2) is 0 Å². The third kappa shape index (κ3) is 3.38. The van der Waals surface area contributed by atoms with Crippen molar-refractivity contribution in [1.82, 2.24) is 4.90 Å². The zero-order valence-corrected chi connectivity index (χ0v) is 11.3. The molecule has 0 radical (unpaired) electrons. The largest absolute Gasteiger partial charge is 0.507 e. The van der Waals surface area contributed by atoms with Crippen LogP contribution in [-0.4, -0.2) is 45.3 Å². The van der Waals surface area contributed by atoms with Crippen molar-refractivity contribution in [2.24, 2.45) is 0 Å². The monoisotopic (exact) mass is 267 g/mol. The second-order valence-electron chi connectivity index (χ2n) is 4.36. The van der Waals surface area contributed by atoms with Crippen LogP contribution in [0.2, 0.25) is 0 Å². The molecule has 1 amide bonds. The van der Waals surface area contributed by atoms with Crippen molar-refractivity contribution in [3.63, 3.8) is 0 Å². The van der Waals surface area contributed by atoms with Crippen LogP contribution >= 0.6 is 0 Å². The summed E-state index contributed by atoms with van der Waals surface area (Å²) in [6.45, 7) is 3.93. The Morgan fingerprint density at radius 2 is 1.74 bits per heavy atom.